The molecule has 1 N–H and O–H groups in total. The molecule has 1 heterocycles. The zero-order valence-corrected chi connectivity index (χ0v) is 12.9. The average molecular weight is 278 g/mol. The van der Waals surface area contributed by atoms with Crippen molar-refractivity contribution in [2.24, 2.45) is 5.92 Å². The highest BCUT2D eigenvalue weighted by Gasteiger charge is 2.27. The normalized spacial score (nSPS) is 14.2. The molecule has 1 aromatic heterocycles. The van der Waals surface area contributed by atoms with E-state index in [1.807, 2.05) is 0 Å². The van der Waals surface area contributed by atoms with Crippen LogP contribution in [0.4, 0.5) is 11.6 Å². The summed E-state index contributed by atoms with van der Waals surface area (Å²) >= 11 is 0. The molecule has 1 aliphatic carbocycles. The van der Waals surface area contributed by atoms with Gasteiger partial charge in [-0.1, -0.05) is 13.8 Å². The average Bonchev–Trinajstić information content (AvgIpc) is 3.28. The number of aromatic nitrogens is 2. The molecule has 0 saturated heterocycles. The van der Waals surface area contributed by atoms with E-state index in [-0.39, 0.29) is 0 Å². The molecule has 0 unspecified atom stereocenters. The van der Waals surface area contributed by atoms with E-state index in [1.54, 1.807) is 13.4 Å². The third kappa shape index (κ3) is 3.74. The van der Waals surface area contributed by atoms with Crippen LogP contribution in [0.1, 0.15) is 39.5 Å². The molecular formula is C15H26N4O. The SMILES string of the molecule is CCCNc1ncnc(N(CCC)CC2CC2)c1OC. The maximum absolute atomic E-state index is 5.57. The number of rotatable bonds is 9. The summed E-state index contributed by atoms with van der Waals surface area (Å²) < 4.78 is 5.57. The van der Waals surface area contributed by atoms with Crippen molar-refractivity contribution in [1.29, 1.82) is 0 Å². The predicted molar refractivity (Wildman–Crippen MR) is 82.6 cm³/mol. The van der Waals surface area contributed by atoms with Crippen molar-refractivity contribution in [1.82, 2.24) is 9.97 Å². The minimum absolute atomic E-state index is 0.773. The van der Waals surface area contributed by atoms with Crippen LogP contribution in [0.3, 0.4) is 0 Å². The van der Waals surface area contributed by atoms with Crippen LogP contribution in [0.2, 0.25) is 0 Å². The second-order valence-electron chi connectivity index (χ2n) is 5.40. The van der Waals surface area contributed by atoms with Crippen LogP contribution < -0.4 is 15.0 Å². The van der Waals surface area contributed by atoms with E-state index in [9.17, 15) is 0 Å². The molecule has 0 amide bonds. The molecule has 0 aromatic carbocycles. The van der Waals surface area contributed by atoms with Crippen LogP contribution in [-0.4, -0.2) is 36.7 Å². The quantitative estimate of drug-likeness (QED) is 0.752. The first kappa shape index (κ1) is 14.9. The van der Waals surface area contributed by atoms with Gasteiger partial charge in [-0.05, 0) is 31.6 Å². The molecule has 0 bridgehead atoms. The second kappa shape index (κ2) is 7.31. The summed E-state index contributed by atoms with van der Waals surface area (Å²) in [5.74, 6) is 3.33. The van der Waals surface area contributed by atoms with E-state index in [4.69, 9.17) is 4.74 Å². The Hall–Kier alpha value is -1.52. The van der Waals surface area contributed by atoms with Crippen LogP contribution in [0.25, 0.3) is 0 Å². The van der Waals surface area contributed by atoms with Gasteiger partial charge in [0.1, 0.15) is 6.33 Å². The molecule has 0 spiro atoms. The fourth-order valence-corrected chi connectivity index (χ4v) is 2.31. The summed E-state index contributed by atoms with van der Waals surface area (Å²) in [6.07, 6.45) is 6.48. The molecule has 112 valence electrons. The largest absolute Gasteiger partial charge is 0.490 e. The van der Waals surface area contributed by atoms with E-state index in [1.165, 1.54) is 12.8 Å². The molecule has 5 nitrogen and oxygen atoms in total. The van der Waals surface area contributed by atoms with Crippen LogP contribution in [0, 0.1) is 5.92 Å². The van der Waals surface area contributed by atoms with Crippen molar-refractivity contribution >= 4 is 11.6 Å². The minimum Gasteiger partial charge on any atom is -0.490 e. The molecule has 1 fully saturated rings. The number of nitrogens with one attached hydrogen (secondary N) is 1. The number of hydrogen-bond donors (Lipinski definition) is 1. The first-order valence-corrected chi connectivity index (χ1v) is 7.67. The monoisotopic (exact) mass is 278 g/mol. The van der Waals surface area contributed by atoms with Crippen LogP contribution >= 0.6 is 0 Å². The molecule has 2 rings (SSSR count). The molecule has 20 heavy (non-hydrogen) atoms. The van der Waals surface area contributed by atoms with Crippen LogP contribution in [-0.2, 0) is 0 Å². The molecule has 0 radical (unpaired) electrons. The standard InChI is InChI=1S/C15H26N4O/c1-4-8-16-14-13(20-3)15(18-11-17-14)19(9-5-2)10-12-6-7-12/h11-12H,4-10H2,1-3H3,(H,16,17,18). The van der Waals surface area contributed by atoms with Crippen molar-refractivity contribution in [2.45, 2.75) is 39.5 Å². The lowest BCUT2D eigenvalue weighted by atomic mass is 10.3. The Labute approximate surface area is 121 Å². The van der Waals surface area contributed by atoms with Crippen molar-refractivity contribution < 1.29 is 4.74 Å². The molecule has 1 aliphatic rings. The van der Waals surface area contributed by atoms with E-state index in [0.29, 0.717) is 0 Å². The van der Waals surface area contributed by atoms with Crippen LogP contribution in [0.5, 0.6) is 5.75 Å². The first-order valence-electron chi connectivity index (χ1n) is 7.67. The lowest BCUT2D eigenvalue weighted by Gasteiger charge is -2.25. The fourth-order valence-electron chi connectivity index (χ4n) is 2.31. The maximum Gasteiger partial charge on any atom is 0.204 e. The molecule has 0 atom stereocenters. The van der Waals surface area contributed by atoms with Gasteiger partial charge in [0.25, 0.3) is 0 Å². The van der Waals surface area contributed by atoms with Crippen molar-refractivity contribution in [2.75, 3.05) is 37.0 Å². The Kier molecular flexibility index (Phi) is 5.44. The van der Waals surface area contributed by atoms with Crippen molar-refractivity contribution in [3.05, 3.63) is 6.33 Å². The Morgan fingerprint density at radius 1 is 1.30 bits per heavy atom. The number of ether oxygens (including phenoxy) is 1. The number of hydrogen-bond acceptors (Lipinski definition) is 5. The summed E-state index contributed by atoms with van der Waals surface area (Å²) in [6.45, 7) is 7.32. The van der Waals surface area contributed by atoms with Gasteiger partial charge in [-0.25, -0.2) is 9.97 Å². The second-order valence-corrected chi connectivity index (χ2v) is 5.40. The highest BCUT2D eigenvalue weighted by Crippen LogP contribution is 2.36. The Balaban J connectivity index is 2.21. The van der Waals surface area contributed by atoms with Gasteiger partial charge in [-0.3, -0.25) is 0 Å². The van der Waals surface area contributed by atoms with Crippen molar-refractivity contribution in [3.63, 3.8) is 0 Å². The van der Waals surface area contributed by atoms with Gasteiger partial charge in [0.15, 0.2) is 11.6 Å². The summed E-state index contributed by atoms with van der Waals surface area (Å²) in [6, 6.07) is 0. The van der Waals surface area contributed by atoms with Gasteiger partial charge in [-0.2, -0.15) is 0 Å². The highest BCUT2D eigenvalue weighted by molar-refractivity contribution is 5.64. The Morgan fingerprint density at radius 3 is 2.70 bits per heavy atom. The lowest BCUT2D eigenvalue weighted by Crippen LogP contribution is -2.28. The van der Waals surface area contributed by atoms with Gasteiger partial charge in [0, 0.05) is 19.6 Å². The predicted octanol–water partition coefficient (Wildman–Crippen LogP) is 2.93. The third-order valence-electron chi connectivity index (χ3n) is 3.50. The number of nitrogens with zero attached hydrogens (tertiary/aromatic N) is 3. The topological polar surface area (TPSA) is 50.3 Å². The summed E-state index contributed by atoms with van der Waals surface area (Å²) in [7, 11) is 1.70. The van der Waals surface area contributed by atoms with E-state index >= 15 is 0 Å². The zero-order valence-electron chi connectivity index (χ0n) is 12.9. The van der Waals surface area contributed by atoms with E-state index in [2.05, 4.69) is 34.0 Å². The van der Waals surface area contributed by atoms with E-state index < -0.39 is 0 Å². The van der Waals surface area contributed by atoms with Gasteiger partial charge in [0.05, 0.1) is 7.11 Å². The molecule has 1 aromatic rings. The number of methoxy groups -OCH3 is 1. The van der Waals surface area contributed by atoms with Gasteiger partial charge >= 0.3 is 0 Å². The minimum atomic E-state index is 0.773. The molecule has 5 heteroatoms. The van der Waals surface area contributed by atoms with Gasteiger partial charge in [-0.15, -0.1) is 0 Å². The molecule has 0 aliphatic heterocycles. The molecular weight excluding hydrogens is 252 g/mol. The highest BCUT2D eigenvalue weighted by atomic mass is 16.5. The van der Waals surface area contributed by atoms with Gasteiger partial charge in [0.2, 0.25) is 5.75 Å². The van der Waals surface area contributed by atoms with Crippen molar-refractivity contribution in [3.8, 4) is 5.75 Å². The van der Waals surface area contributed by atoms with Crippen LogP contribution in [0.15, 0.2) is 6.33 Å². The van der Waals surface area contributed by atoms with Gasteiger partial charge < -0.3 is 15.0 Å². The summed E-state index contributed by atoms with van der Waals surface area (Å²) in [5.41, 5.74) is 0. The molecule has 1 saturated carbocycles. The third-order valence-corrected chi connectivity index (χ3v) is 3.50. The lowest BCUT2D eigenvalue weighted by molar-refractivity contribution is 0.411. The smallest absolute Gasteiger partial charge is 0.204 e. The number of anilines is 2. The van der Waals surface area contributed by atoms with E-state index in [0.717, 1.165) is 55.8 Å². The zero-order chi connectivity index (χ0) is 14.4. The Bertz CT molecular complexity index is 420. The summed E-state index contributed by atoms with van der Waals surface area (Å²) in [4.78, 5) is 11.1. The maximum atomic E-state index is 5.57. The Morgan fingerprint density at radius 2 is 2.10 bits per heavy atom. The fraction of sp³-hybridized carbons (Fsp3) is 0.733. The first-order chi connectivity index (χ1) is 9.80. The summed E-state index contributed by atoms with van der Waals surface area (Å²) in [5, 5.41) is 3.32.